The van der Waals surface area contributed by atoms with Crippen LogP contribution in [0.15, 0.2) is 30.5 Å². The number of halogens is 2. The second-order valence-electron chi connectivity index (χ2n) is 10.0. The van der Waals surface area contributed by atoms with E-state index in [2.05, 4.69) is 19.9 Å². The zero-order valence-electron chi connectivity index (χ0n) is 21.8. The Bertz CT molecular complexity index is 1620. The summed E-state index contributed by atoms with van der Waals surface area (Å²) in [6.45, 7) is 3.45. The zero-order chi connectivity index (χ0) is 27.3. The average molecular weight is 554 g/mol. The highest BCUT2D eigenvalue weighted by Gasteiger charge is 2.40. The molecule has 4 heterocycles. The van der Waals surface area contributed by atoms with Crippen LogP contribution in [0.2, 0.25) is 0 Å². The molecule has 6 rings (SSSR count). The lowest BCUT2D eigenvalue weighted by molar-refractivity contribution is -0.0610. The van der Waals surface area contributed by atoms with Gasteiger partial charge < -0.3 is 19.5 Å². The number of pyridine rings is 1. The molecule has 11 heteroatoms. The molecule has 1 spiro atoms. The molecule has 2 aliphatic rings. The fraction of sp³-hybridized carbons (Fsp3) is 0.393. The molecule has 4 aromatic rings. The summed E-state index contributed by atoms with van der Waals surface area (Å²) in [7, 11) is 1.10. The normalized spacial score (nSPS) is 21.6. The van der Waals surface area contributed by atoms with Crippen molar-refractivity contribution in [3.05, 3.63) is 47.7 Å². The highest BCUT2D eigenvalue weighted by atomic mass is 32.2. The Labute approximate surface area is 226 Å². The van der Waals surface area contributed by atoms with E-state index in [1.165, 1.54) is 31.5 Å². The largest absolute Gasteiger partial charge is 0.508 e. The van der Waals surface area contributed by atoms with E-state index in [1.807, 2.05) is 6.92 Å². The first-order chi connectivity index (χ1) is 18.8. The minimum Gasteiger partial charge on any atom is -0.508 e. The Hall–Kier alpha value is -3.44. The van der Waals surface area contributed by atoms with Crippen LogP contribution in [-0.4, -0.2) is 64.0 Å². The molecule has 0 saturated carbocycles. The molecule has 204 valence electrons. The molecular weight excluding hydrogens is 524 g/mol. The third-order valence-corrected chi connectivity index (χ3v) is 9.14. The third kappa shape index (κ3) is 4.47. The second-order valence-corrected chi connectivity index (χ2v) is 11.8. The average Bonchev–Trinajstić information content (AvgIpc) is 2.94. The molecule has 0 unspecified atom stereocenters. The van der Waals surface area contributed by atoms with Crippen molar-refractivity contribution < 1.29 is 23.4 Å². The lowest BCUT2D eigenvalue weighted by Crippen LogP contribution is -2.55. The van der Waals surface area contributed by atoms with Gasteiger partial charge in [0, 0.05) is 36.4 Å². The van der Waals surface area contributed by atoms with Crippen LogP contribution >= 0.6 is 0 Å². The van der Waals surface area contributed by atoms with Crippen molar-refractivity contribution in [2.45, 2.75) is 31.8 Å². The third-order valence-electron chi connectivity index (χ3n) is 7.74. The van der Waals surface area contributed by atoms with Crippen LogP contribution in [0.25, 0.3) is 32.9 Å². The van der Waals surface area contributed by atoms with E-state index in [0.29, 0.717) is 53.7 Å². The van der Waals surface area contributed by atoms with Crippen LogP contribution in [0.5, 0.6) is 11.8 Å². The number of aromatic nitrogens is 3. The molecule has 0 amide bonds. The number of methoxy groups -OCH3 is 1. The highest BCUT2D eigenvalue weighted by Crippen LogP contribution is 2.40. The maximum Gasteiger partial charge on any atom is 0.318 e. The summed E-state index contributed by atoms with van der Waals surface area (Å²) in [4.78, 5) is 15.5. The maximum atomic E-state index is 16.4. The Morgan fingerprint density at radius 3 is 2.74 bits per heavy atom. The van der Waals surface area contributed by atoms with Crippen LogP contribution in [0.3, 0.4) is 0 Å². The van der Waals surface area contributed by atoms with Crippen molar-refractivity contribution >= 4 is 38.2 Å². The minimum absolute atomic E-state index is 0.0199. The number of hydrogen-bond acceptors (Lipinski definition) is 8. The van der Waals surface area contributed by atoms with Gasteiger partial charge in [-0.1, -0.05) is 13.0 Å². The van der Waals surface area contributed by atoms with E-state index in [9.17, 15) is 9.50 Å². The molecule has 2 aliphatic heterocycles. The van der Waals surface area contributed by atoms with Crippen molar-refractivity contribution in [2.24, 2.45) is 0 Å². The van der Waals surface area contributed by atoms with E-state index < -0.39 is 11.6 Å². The van der Waals surface area contributed by atoms with Gasteiger partial charge in [0.2, 0.25) is 0 Å². The van der Waals surface area contributed by atoms with Gasteiger partial charge in [0.25, 0.3) is 0 Å². The molecular formula is C28H29F2N5O3S. The molecule has 0 bridgehead atoms. The van der Waals surface area contributed by atoms with Gasteiger partial charge in [-0.05, 0) is 53.8 Å². The minimum atomic E-state index is -0.702. The fourth-order valence-corrected chi connectivity index (χ4v) is 7.19. The quantitative estimate of drug-likeness (QED) is 0.360. The van der Waals surface area contributed by atoms with Crippen molar-refractivity contribution in [3.8, 4) is 23.0 Å². The monoisotopic (exact) mass is 553 g/mol. The number of morpholine rings is 1. The number of aryl methyl sites for hydroxylation is 1. The van der Waals surface area contributed by atoms with Crippen molar-refractivity contribution in [2.75, 3.05) is 43.2 Å². The molecule has 39 heavy (non-hydrogen) atoms. The maximum absolute atomic E-state index is 16.4. The van der Waals surface area contributed by atoms with E-state index in [0.717, 1.165) is 24.3 Å². The molecule has 0 aliphatic carbocycles. The molecule has 2 aromatic carbocycles. The number of phenolic OH excluding ortho intramolecular Hbond substituents is 1. The summed E-state index contributed by atoms with van der Waals surface area (Å²) in [6.07, 6.45) is 3.52. The Morgan fingerprint density at radius 2 is 2.00 bits per heavy atom. The summed E-state index contributed by atoms with van der Waals surface area (Å²) in [5.41, 5.74) is 0.346. The number of phenols is 1. The molecule has 2 saturated heterocycles. The topological polar surface area (TPSA) is 104 Å². The smallest absolute Gasteiger partial charge is 0.318 e. The molecule has 0 radical (unpaired) electrons. The number of nitrogens with one attached hydrogen (secondary N) is 1. The van der Waals surface area contributed by atoms with Gasteiger partial charge in [-0.3, -0.25) is 9.76 Å². The number of hydrogen-bond donors (Lipinski definition) is 2. The summed E-state index contributed by atoms with van der Waals surface area (Å²) in [5.74, 6) is 0.944. The first kappa shape index (κ1) is 25.8. The van der Waals surface area contributed by atoms with Gasteiger partial charge in [0.05, 0.1) is 24.7 Å². The van der Waals surface area contributed by atoms with Crippen molar-refractivity contribution in [1.82, 2.24) is 15.0 Å². The lowest BCUT2D eigenvalue weighted by atomic mass is 9.94. The van der Waals surface area contributed by atoms with Gasteiger partial charge in [-0.15, -0.1) is 10.7 Å². The number of nitrogens with zero attached hydrogens (tertiary/aromatic N) is 4. The SMILES string of the molecule is CCc1c(F)ccc2cc(O)cc(-c3ncc4c(N5CCOC6(CCS(=N)CC6)C5)nc(OC)nc4c3F)c12. The van der Waals surface area contributed by atoms with Crippen LogP contribution in [0, 0.1) is 16.4 Å². The van der Waals surface area contributed by atoms with Crippen LogP contribution < -0.4 is 9.64 Å². The van der Waals surface area contributed by atoms with Crippen molar-refractivity contribution in [1.29, 1.82) is 4.78 Å². The first-order valence-electron chi connectivity index (χ1n) is 12.9. The molecule has 2 fully saturated rings. The van der Waals surface area contributed by atoms with Gasteiger partial charge in [0.1, 0.15) is 28.6 Å². The fourth-order valence-electron chi connectivity index (χ4n) is 5.75. The summed E-state index contributed by atoms with van der Waals surface area (Å²) in [5, 5.41) is 11.9. The van der Waals surface area contributed by atoms with E-state index in [4.69, 9.17) is 14.3 Å². The highest BCUT2D eigenvalue weighted by molar-refractivity contribution is 7.86. The number of fused-ring (bicyclic) bond motifs is 2. The van der Waals surface area contributed by atoms with E-state index in [-0.39, 0.29) is 44.8 Å². The summed E-state index contributed by atoms with van der Waals surface area (Å²) < 4.78 is 50.8. The number of anilines is 1. The van der Waals surface area contributed by atoms with Crippen LogP contribution in [0.4, 0.5) is 14.6 Å². The lowest BCUT2D eigenvalue weighted by Gasteiger charge is -2.45. The van der Waals surface area contributed by atoms with Crippen LogP contribution in [0.1, 0.15) is 25.3 Å². The summed E-state index contributed by atoms with van der Waals surface area (Å²) in [6, 6.07) is 5.88. The standard InChI is InChI=1S/C28H29F2N5O3S/c1-3-18-21(29)5-4-16-12-17(36)13-19(22(16)18)24-23(30)25-20(14-32-24)26(34-27(33-25)37-2)35-8-9-38-28(15-35)6-10-39(31)11-7-28/h4-5,12-14,31,36H,3,6-11,15H2,1-2H3. The molecule has 0 atom stereocenters. The van der Waals surface area contributed by atoms with Crippen molar-refractivity contribution in [3.63, 3.8) is 0 Å². The second kappa shape index (κ2) is 9.95. The zero-order valence-corrected chi connectivity index (χ0v) is 22.6. The number of aromatic hydroxyl groups is 1. The Morgan fingerprint density at radius 1 is 1.21 bits per heavy atom. The number of benzene rings is 2. The predicted octanol–water partition coefficient (Wildman–Crippen LogP) is 5.15. The number of ether oxygens (including phenoxy) is 2. The molecule has 8 nitrogen and oxygen atoms in total. The predicted molar refractivity (Wildman–Crippen MR) is 148 cm³/mol. The molecule has 2 aromatic heterocycles. The first-order valence-corrected chi connectivity index (χ1v) is 14.5. The van der Waals surface area contributed by atoms with Gasteiger partial charge in [-0.2, -0.15) is 9.97 Å². The van der Waals surface area contributed by atoms with Gasteiger partial charge >= 0.3 is 6.01 Å². The van der Waals surface area contributed by atoms with Gasteiger partial charge in [0.15, 0.2) is 5.82 Å². The van der Waals surface area contributed by atoms with E-state index >= 15 is 4.39 Å². The Kier molecular flexibility index (Phi) is 6.58. The Balaban J connectivity index is 1.51. The number of rotatable bonds is 4. The molecule has 2 N–H and O–H groups in total. The van der Waals surface area contributed by atoms with E-state index in [1.54, 1.807) is 6.07 Å². The summed E-state index contributed by atoms with van der Waals surface area (Å²) >= 11 is 0. The van der Waals surface area contributed by atoms with Crippen LogP contribution in [-0.2, 0) is 21.8 Å². The van der Waals surface area contributed by atoms with Gasteiger partial charge in [-0.25, -0.2) is 8.78 Å².